The van der Waals surface area contributed by atoms with Crippen molar-refractivity contribution in [1.82, 2.24) is 15.1 Å². The number of likely N-dealkylation sites (N-methyl/N-ethyl adjacent to an activating group) is 1. The average molecular weight is 504 g/mol. The summed E-state index contributed by atoms with van der Waals surface area (Å²) < 4.78 is 14.8. The molecule has 2 amide bonds. The summed E-state index contributed by atoms with van der Waals surface area (Å²) in [5.41, 5.74) is 3.42. The summed E-state index contributed by atoms with van der Waals surface area (Å²) in [4.78, 5) is 27.2. The third-order valence-electron chi connectivity index (χ3n) is 6.73. The molecule has 0 saturated heterocycles. The van der Waals surface area contributed by atoms with Gasteiger partial charge in [-0.3, -0.25) is 14.7 Å². The predicted octanol–water partition coefficient (Wildman–Crippen LogP) is 5.67. The second kappa shape index (κ2) is 12.0. The van der Waals surface area contributed by atoms with E-state index in [4.69, 9.17) is 0 Å². The van der Waals surface area contributed by atoms with Crippen LogP contribution in [0.1, 0.15) is 56.7 Å². The van der Waals surface area contributed by atoms with Crippen LogP contribution in [0.25, 0.3) is 11.1 Å². The van der Waals surface area contributed by atoms with Crippen molar-refractivity contribution in [1.29, 1.82) is 0 Å². The molecule has 1 heterocycles. The van der Waals surface area contributed by atoms with Crippen LogP contribution in [0.5, 0.6) is 0 Å². The maximum Gasteiger partial charge on any atom is 0.248 e. The van der Waals surface area contributed by atoms with Crippen molar-refractivity contribution in [2.45, 2.75) is 45.4 Å². The van der Waals surface area contributed by atoms with Crippen LogP contribution < -0.4 is 10.6 Å². The first-order valence-corrected chi connectivity index (χ1v) is 12.8. The number of aromatic amines is 1. The van der Waals surface area contributed by atoms with E-state index in [2.05, 4.69) is 39.6 Å². The number of aromatic nitrogens is 2. The Morgan fingerprint density at radius 1 is 1.11 bits per heavy atom. The molecule has 3 N–H and O–H groups in total. The zero-order chi connectivity index (χ0) is 26.4. The van der Waals surface area contributed by atoms with Crippen LogP contribution in [-0.2, 0) is 9.59 Å². The predicted molar refractivity (Wildman–Crippen MR) is 145 cm³/mol. The third kappa shape index (κ3) is 6.92. The van der Waals surface area contributed by atoms with Crippen molar-refractivity contribution in [3.8, 4) is 11.1 Å². The average Bonchev–Trinajstić information content (AvgIpc) is 3.66. The molecule has 194 valence electrons. The Morgan fingerprint density at radius 3 is 2.57 bits per heavy atom. The molecule has 37 heavy (non-hydrogen) atoms. The van der Waals surface area contributed by atoms with Crippen LogP contribution in [0.15, 0.2) is 60.7 Å². The summed E-state index contributed by atoms with van der Waals surface area (Å²) in [6.07, 6.45) is 5.51. The van der Waals surface area contributed by atoms with Crippen molar-refractivity contribution in [2.24, 2.45) is 0 Å². The van der Waals surface area contributed by atoms with Crippen molar-refractivity contribution in [2.75, 3.05) is 30.3 Å². The highest BCUT2D eigenvalue weighted by molar-refractivity contribution is 5.99. The standard InChI is InChI=1S/C29H34FN5O2/c1-4-35(5-2)15-7-10-28(36)31-25-14-13-23(17-24(25)30)22-9-6-8-21(16-22)19(3)29(37)32-27-18-26(33-34-27)20-11-12-20/h6-10,13-14,16-20H,4-5,11-12,15H2,1-3H3,(H,31,36)(H2,32,33,34,37). The number of anilines is 2. The number of nitrogens with zero attached hydrogens (tertiary/aromatic N) is 2. The van der Waals surface area contributed by atoms with Crippen molar-refractivity contribution >= 4 is 23.3 Å². The minimum absolute atomic E-state index is 0.120. The van der Waals surface area contributed by atoms with Crippen LogP contribution >= 0.6 is 0 Å². The molecule has 1 aliphatic rings. The van der Waals surface area contributed by atoms with E-state index in [-0.39, 0.29) is 17.5 Å². The minimum atomic E-state index is -0.524. The smallest absolute Gasteiger partial charge is 0.248 e. The molecule has 2 aromatic carbocycles. The number of carbonyl (C=O) groups excluding carboxylic acids is 2. The van der Waals surface area contributed by atoms with Gasteiger partial charge in [0.25, 0.3) is 0 Å². The maximum absolute atomic E-state index is 14.8. The Labute approximate surface area is 217 Å². The summed E-state index contributed by atoms with van der Waals surface area (Å²) in [6, 6.07) is 14.1. The molecule has 7 nitrogen and oxygen atoms in total. The lowest BCUT2D eigenvalue weighted by molar-refractivity contribution is -0.117. The van der Waals surface area contributed by atoms with E-state index >= 15 is 0 Å². The number of H-pyrrole nitrogens is 1. The van der Waals surface area contributed by atoms with Gasteiger partial charge in [-0.1, -0.05) is 50.3 Å². The lowest BCUT2D eigenvalue weighted by Gasteiger charge is -2.14. The van der Waals surface area contributed by atoms with Crippen LogP contribution in [0.2, 0.25) is 0 Å². The molecule has 0 spiro atoms. The first-order chi connectivity index (χ1) is 17.9. The van der Waals surface area contributed by atoms with E-state index < -0.39 is 11.7 Å². The molecule has 8 heteroatoms. The highest BCUT2D eigenvalue weighted by atomic mass is 19.1. The number of carbonyl (C=O) groups is 2. The highest BCUT2D eigenvalue weighted by Crippen LogP contribution is 2.39. The molecule has 1 saturated carbocycles. The van der Waals surface area contributed by atoms with Gasteiger partial charge in [-0.15, -0.1) is 0 Å². The van der Waals surface area contributed by atoms with E-state index in [0.29, 0.717) is 23.8 Å². The summed E-state index contributed by atoms with van der Waals surface area (Å²) in [6.45, 7) is 8.41. The molecule has 4 rings (SSSR count). The van der Waals surface area contributed by atoms with Crippen LogP contribution in [-0.4, -0.2) is 46.5 Å². The number of amides is 2. The van der Waals surface area contributed by atoms with Crippen molar-refractivity contribution in [3.05, 3.63) is 77.8 Å². The summed E-state index contributed by atoms with van der Waals surface area (Å²) in [5.74, 6) is -0.429. The van der Waals surface area contributed by atoms with Gasteiger partial charge in [0.15, 0.2) is 5.82 Å². The second-order valence-electron chi connectivity index (χ2n) is 9.39. The van der Waals surface area contributed by atoms with Gasteiger partial charge < -0.3 is 15.5 Å². The van der Waals surface area contributed by atoms with Gasteiger partial charge in [-0.05, 0) is 61.7 Å². The van der Waals surface area contributed by atoms with Crippen LogP contribution in [0.4, 0.5) is 15.9 Å². The normalized spacial score (nSPS) is 14.2. The molecule has 1 aromatic heterocycles. The first-order valence-electron chi connectivity index (χ1n) is 12.8. The molecule has 0 radical (unpaired) electrons. The SMILES string of the molecule is CCN(CC)CC=CC(=O)Nc1ccc(-c2cccc(C(C)C(=O)Nc3cc(C4CC4)[nH]n3)c2)cc1F. The quantitative estimate of drug-likeness (QED) is 0.294. The van der Waals surface area contributed by atoms with Gasteiger partial charge in [0.05, 0.1) is 11.6 Å². The molecule has 1 aliphatic carbocycles. The second-order valence-corrected chi connectivity index (χ2v) is 9.39. The molecular weight excluding hydrogens is 469 g/mol. The molecular formula is C29H34FN5O2. The highest BCUT2D eigenvalue weighted by Gasteiger charge is 2.26. The van der Waals surface area contributed by atoms with Crippen LogP contribution in [0, 0.1) is 5.82 Å². The molecule has 3 aromatic rings. The van der Waals surface area contributed by atoms with E-state index in [0.717, 1.165) is 42.8 Å². The topological polar surface area (TPSA) is 90.1 Å². The summed E-state index contributed by atoms with van der Waals surface area (Å²) in [5, 5.41) is 12.7. The number of hydrogen-bond acceptors (Lipinski definition) is 4. The van der Waals surface area contributed by atoms with Gasteiger partial charge in [-0.2, -0.15) is 5.10 Å². The van der Waals surface area contributed by atoms with E-state index in [9.17, 15) is 14.0 Å². The lowest BCUT2D eigenvalue weighted by atomic mass is 9.95. The number of hydrogen-bond donors (Lipinski definition) is 3. The molecule has 1 unspecified atom stereocenters. The fraction of sp³-hybridized carbons (Fsp3) is 0.345. The molecule has 1 atom stereocenters. The Hall–Kier alpha value is -3.78. The van der Waals surface area contributed by atoms with Crippen molar-refractivity contribution < 1.29 is 14.0 Å². The van der Waals surface area contributed by atoms with Gasteiger partial charge >= 0.3 is 0 Å². The largest absolute Gasteiger partial charge is 0.320 e. The Kier molecular flexibility index (Phi) is 8.50. The number of benzene rings is 2. The Bertz CT molecular complexity index is 1280. The van der Waals surface area contributed by atoms with Gasteiger partial charge in [0, 0.05) is 30.3 Å². The van der Waals surface area contributed by atoms with Gasteiger partial charge in [0.2, 0.25) is 11.8 Å². The van der Waals surface area contributed by atoms with E-state index in [1.54, 1.807) is 18.2 Å². The van der Waals surface area contributed by atoms with Gasteiger partial charge in [-0.25, -0.2) is 4.39 Å². The first kappa shape index (κ1) is 26.3. The zero-order valence-electron chi connectivity index (χ0n) is 21.6. The monoisotopic (exact) mass is 503 g/mol. The fourth-order valence-corrected chi connectivity index (χ4v) is 4.14. The third-order valence-corrected chi connectivity index (χ3v) is 6.73. The molecule has 0 bridgehead atoms. The lowest BCUT2D eigenvalue weighted by Crippen LogP contribution is -2.23. The van der Waals surface area contributed by atoms with Gasteiger partial charge in [0.1, 0.15) is 5.82 Å². The van der Waals surface area contributed by atoms with Crippen molar-refractivity contribution in [3.63, 3.8) is 0 Å². The van der Waals surface area contributed by atoms with E-state index in [1.165, 1.54) is 12.1 Å². The minimum Gasteiger partial charge on any atom is -0.320 e. The van der Waals surface area contributed by atoms with Crippen LogP contribution in [0.3, 0.4) is 0 Å². The Morgan fingerprint density at radius 2 is 1.86 bits per heavy atom. The number of halogens is 1. The summed E-state index contributed by atoms with van der Waals surface area (Å²) in [7, 11) is 0. The number of rotatable bonds is 11. The van der Waals surface area contributed by atoms with E-state index in [1.807, 2.05) is 37.3 Å². The molecule has 0 aliphatic heterocycles. The maximum atomic E-state index is 14.8. The number of nitrogens with one attached hydrogen (secondary N) is 3. The summed E-state index contributed by atoms with van der Waals surface area (Å²) >= 11 is 0. The Balaban J connectivity index is 1.39. The fourth-order valence-electron chi connectivity index (χ4n) is 4.14. The molecule has 1 fully saturated rings. The zero-order valence-corrected chi connectivity index (χ0v) is 21.6.